The number of rotatable bonds is 0. The Bertz CT molecular complexity index is 419. The zero-order valence-corrected chi connectivity index (χ0v) is 17.0. The van der Waals surface area contributed by atoms with Crippen LogP contribution in [0.1, 0.15) is 44.9 Å². The van der Waals surface area contributed by atoms with Gasteiger partial charge in [-0.25, -0.2) is 13.3 Å². The van der Waals surface area contributed by atoms with E-state index in [1.165, 1.54) is 44.3 Å². The lowest BCUT2D eigenvalue weighted by Crippen LogP contribution is -2.33. The van der Waals surface area contributed by atoms with Crippen molar-refractivity contribution in [1.29, 1.82) is 0 Å². The molecule has 1 atom stereocenters. The highest BCUT2D eigenvalue weighted by atomic mass is 32.2. The molecule has 0 radical (unpaired) electrons. The highest BCUT2D eigenvalue weighted by Crippen LogP contribution is 2.15. The van der Waals surface area contributed by atoms with E-state index in [0.29, 0.717) is 6.61 Å². The van der Waals surface area contributed by atoms with Crippen LogP contribution in [0.2, 0.25) is 0 Å². The van der Waals surface area contributed by atoms with Gasteiger partial charge in [-0.1, -0.05) is 13.0 Å². The van der Waals surface area contributed by atoms with Crippen LogP contribution in [0.3, 0.4) is 0 Å². The van der Waals surface area contributed by atoms with Crippen LogP contribution in [0, 0.1) is 0 Å². The molecule has 0 aliphatic carbocycles. The van der Waals surface area contributed by atoms with Gasteiger partial charge in [-0.2, -0.15) is 0 Å². The largest absolute Gasteiger partial charge is 0.449 e. The smallest absolute Gasteiger partial charge is 0.409 e. The van der Waals surface area contributed by atoms with Crippen LogP contribution in [-0.2, 0) is 15.7 Å². The Labute approximate surface area is 155 Å². The Balaban J connectivity index is 0.000000188. The van der Waals surface area contributed by atoms with Crippen molar-refractivity contribution >= 4 is 17.1 Å². The van der Waals surface area contributed by atoms with Gasteiger partial charge < -0.3 is 14.5 Å². The highest BCUT2D eigenvalue weighted by Gasteiger charge is 2.13. The van der Waals surface area contributed by atoms with Crippen molar-refractivity contribution in [1.82, 2.24) is 14.1 Å². The van der Waals surface area contributed by atoms with Crippen LogP contribution < -0.4 is 0 Å². The maximum atomic E-state index is 10.8. The van der Waals surface area contributed by atoms with Gasteiger partial charge in [0.25, 0.3) is 0 Å². The fraction of sp³-hybridized carbons (Fsp3) is 0.833. The first-order valence-corrected chi connectivity index (χ1v) is 10.6. The van der Waals surface area contributed by atoms with Gasteiger partial charge in [0, 0.05) is 45.2 Å². The lowest BCUT2D eigenvalue weighted by atomic mass is 10.2. The van der Waals surface area contributed by atoms with Gasteiger partial charge in [-0.3, -0.25) is 0 Å². The van der Waals surface area contributed by atoms with E-state index < -0.39 is 11.0 Å². The molecule has 0 N–H and O–H groups in total. The van der Waals surface area contributed by atoms with Gasteiger partial charge in [0.15, 0.2) is 0 Å². The summed E-state index contributed by atoms with van der Waals surface area (Å²) in [5, 5.41) is 0. The number of likely N-dealkylation sites (tertiary alicyclic amines) is 1. The SMILES string of the molecule is C=C1CCCCCN1C.CN1CCCCS1=O.CN1CCCOC1=O. The molecule has 0 bridgehead atoms. The molecule has 0 spiro atoms. The Morgan fingerprint density at radius 2 is 1.60 bits per heavy atom. The third-order valence-corrected chi connectivity index (χ3v) is 6.08. The van der Waals surface area contributed by atoms with Crippen molar-refractivity contribution in [2.45, 2.75) is 44.9 Å². The van der Waals surface area contributed by atoms with Crippen LogP contribution in [0.25, 0.3) is 0 Å². The lowest BCUT2D eigenvalue weighted by Gasteiger charge is -2.21. The summed E-state index contributed by atoms with van der Waals surface area (Å²) in [4.78, 5) is 14.3. The van der Waals surface area contributed by atoms with Gasteiger partial charge in [-0.05, 0) is 45.6 Å². The second-order valence-electron chi connectivity index (χ2n) is 6.77. The number of carbonyl (C=O) groups is 1. The average molecular weight is 374 g/mol. The minimum Gasteiger partial charge on any atom is -0.449 e. The van der Waals surface area contributed by atoms with E-state index in [1.807, 2.05) is 11.4 Å². The quantitative estimate of drug-likeness (QED) is 0.655. The predicted molar refractivity (Wildman–Crippen MR) is 104 cm³/mol. The van der Waals surface area contributed by atoms with Crippen molar-refractivity contribution in [2.75, 3.05) is 53.1 Å². The molecule has 7 heteroatoms. The molecule has 0 aromatic rings. The van der Waals surface area contributed by atoms with Crippen molar-refractivity contribution in [2.24, 2.45) is 0 Å². The fourth-order valence-corrected chi connectivity index (χ4v) is 3.78. The molecule has 0 aromatic heterocycles. The van der Waals surface area contributed by atoms with E-state index in [-0.39, 0.29) is 6.09 Å². The van der Waals surface area contributed by atoms with Crippen molar-refractivity contribution in [3.63, 3.8) is 0 Å². The summed E-state index contributed by atoms with van der Waals surface area (Å²) in [7, 11) is 5.13. The van der Waals surface area contributed by atoms with Crippen molar-refractivity contribution in [3.05, 3.63) is 12.3 Å². The third kappa shape index (κ3) is 9.26. The Morgan fingerprint density at radius 3 is 2.12 bits per heavy atom. The normalized spacial score (nSPS) is 25.0. The summed E-state index contributed by atoms with van der Waals surface area (Å²) in [5.74, 6) is 0.872. The monoisotopic (exact) mass is 373 g/mol. The second-order valence-corrected chi connectivity index (χ2v) is 8.45. The minimum absolute atomic E-state index is 0.198. The predicted octanol–water partition coefficient (Wildman–Crippen LogP) is 2.84. The van der Waals surface area contributed by atoms with Gasteiger partial charge in [0.05, 0.1) is 17.6 Å². The molecule has 3 aliphatic rings. The molecule has 3 rings (SSSR count). The summed E-state index contributed by atoms with van der Waals surface area (Å²) < 4.78 is 17.4. The Hall–Kier alpha value is -1.08. The number of allylic oxidation sites excluding steroid dienone is 1. The molecule has 3 fully saturated rings. The standard InChI is InChI=1S/C8H15N.C5H9NO2.C5H11NOS/c1-8-6-4-3-5-7-9(8)2;1-6-3-2-4-8-5(6)7;1-6-4-2-3-5-8(6)7/h1,3-7H2,2H3;2-4H2,1H3;2-5H2,1H3. The van der Waals surface area contributed by atoms with E-state index >= 15 is 0 Å². The van der Waals surface area contributed by atoms with E-state index in [4.69, 9.17) is 0 Å². The lowest BCUT2D eigenvalue weighted by molar-refractivity contribution is 0.0831. The molecule has 3 heterocycles. The number of cyclic esters (lactones) is 1. The van der Waals surface area contributed by atoms with Gasteiger partial charge in [0.1, 0.15) is 0 Å². The molecule has 1 amide bonds. The topological polar surface area (TPSA) is 53.1 Å². The van der Waals surface area contributed by atoms with Gasteiger partial charge in [0.2, 0.25) is 0 Å². The Kier molecular flexibility index (Phi) is 10.8. The number of hydrogen-bond acceptors (Lipinski definition) is 4. The maximum Gasteiger partial charge on any atom is 0.409 e. The maximum absolute atomic E-state index is 10.8. The molecule has 0 aromatic carbocycles. The molecule has 6 nitrogen and oxygen atoms in total. The van der Waals surface area contributed by atoms with Crippen LogP contribution in [-0.4, -0.2) is 77.5 Å². The van der Waals surface area contributed by atoms with Crippen LogP contribution in [0.5, 0.6) is 0 Å². The molecular weight excluding hydrogens is 338 g/mol. The minimum atomic E-state index is -0.652. The average Bonchev–Trinajstić information content (AvgIpc) is 2.79. The summed E-state index contributed by atoms with van der Waals surface area (Å²) >= 11 is 0. The molecular formula is C18H35N3O3S. The van der Waals surface area contributed by atoms with Crippen molar-refractivity contribution < 1.29 is 13.7 Å². The first-order valence-electron chi connectivity index (χ1n) is 9.28. The number of ether oxygens (including phenoxy) is 1. The van der Waals surface area contributed by atoms with Crippen molar-refractivity contribution in [3.8, 4) is 0 Å². The van der Waals surface area contributed by atoms with Crippen LogP contribution in [0.15, 0.2) is 12.3 Å². The summed E-state index contributed by atoms with van der Waals surface area (Å²) in [6, 6.07) is 0. The number of hydrogen-bond donors (Lipinski definition) is 0. The zero-order valence-electron chi connectivity index (χ0n) is 16.2. The summed E-state index contributed by atoms with van der Waals surface area (Å²) in [6.45, 7) is 7.61. The van der Waals surface area contributed by atoms with Crippen LogP contribution in [0.4, 0.5) is 4.79 Å². The Morgan fingerprint density at radius 1 is 0.920 bits per heavy atom. The number of carbonyl (C=O) groups excluding carboxylic acids is 1. The first-order chi connectivity index (χ1) is 11.9. The summed E-state index contributed by atoms with van der Waals surface area (Å²) in [5.41, 5.74) is 1.31. The van der Waals surface area contributed by atoms with Crippen LogP contribution >= 0.6 is 0 Å². The molecule has 3 aliphatic heterocycles. The van der Waals surface area contributed by atoms with E-state index in [2.05, 4.69) is 23.3 Å². The van der Waals surface area contributed by atoms with E-state index in [9.17, 15) is 9.00 Å². The first kappa shape index (κ1) is 22.0. The molecule has 3 saturated heterocycles. The van der Waals surface area contributed by atoms with Gasteiger partial charge >= 0.3 is 6.09 Å². The second kappa shape index (κ2) is 12.3. The third-order valence-electron chi connectivity index (χ3n) is 4.56. The van der Waals surface area contributed by atoms with E-state index in [1.54, 1.807) is 11.9 Å². The van der Waals surface area contributed by atoms with Gasteiger partial charge in [-0.15, -0.1) is 0 Å². The molecule has 0 saturated carbocycles. The molecule has 146 valence electrons. The number of amides is 1. The highest BCUT2D eigenvalue weighted by molar-refractivity contribution is 7.82. The molecule has 1 unspecified atom stereocenters. The zero-order chi connectivity index (χ0) is 18.7. The number of nitrogens with zero attached hydrogens (tertiary/aromatic N) is 3. The summed E-state index contributed by atoms with van der Waals surface area (Å²) in [6.07, 6.45) is 8.37. The fourth-order valence-electron chi connectivity index (χ4n) is 2.68. The van der Waals surface area contributed by atoms with E-state index in [0.717, 1.165) is 31.7 Å². The molecule has 25 heavy (non-hydrogen) atoms.